The Labute approximate surface area is 135 Å². The van der Waals surface area contributed by atoms with Gasteiger partial charge in [0.1, 0.15) is 5.76 Å². The maximum atomic E-state index is 11.9. The van der Waals surface area contributed by atoms with E-state index < -0.39 is 0 Å². The highest BCUT2D eigenvalue weighted by Crippen LogP contribution is 2.09. The Bertz CT molecular complexity index is 594. The molecule has 0 atom stereocenters. The summed E-state index contributed by atoms with van der Waals surface area (Å²) in [7, 11) is 0. The quantitative estimate of drug-likeness (QED) is 0.854. The summed E-state index contributed by atoms with van der Waals surface area (Å²) in [4.78, 5) is 24.9. The molecular formula is C16H21N5O2. The predicted molar refractivity (Wildman–Crippen MR) is 85.9 cm³/mol. The number of hydrogen-bond donors (Lipinski definition) is 1. The van der Waals surface area contributed by atoms with Gasteiger partial charge in [0.15, 0.2) is 0 Å². The van der Waals surface area contributed by atoms with E-state index in [0.29, 0.717) is 13.0 Å². The molecule has 3 rings (SSSR count). The minimum atomic E-state index is 0.0511. The zero-order valence-electron chi connectivity index (χ0n) is 13.0. The number of nitrogens with zero attached hydrogens (tertiary/aromatic N) is 4. The Morgan fingerprint density at radius 3 is 2.65 bits per heavy atom. The zero-order chi connectivity index (χ0) is 15.9. The number of carbonyl (C=O) groups excluding carboxylic acids is 1. The first kappa shape index (κ1) is 15.5. The van der Waals surface area contributed by atoms with Gasteiger partial charge in [0, 0.05) is 51.5 Å². The summed E-state index contributed by atoms with van der Waals surface area (Å²) in [5, 5.41) is 2.87. The summed E-state index contributed by atoms with van der Waals surface area (Å²) >= 11 is 0. The van der Waals surface area contributed by atoms with E-state index in [9.17, 15) is 4.79 Å². The zero-order valence-corrected chi connectivity index (χ0v) is 13.0. The van der Waals surface area contributed by atoms with Gasteiger partial charge in [-0.1, -0.05) is 0 Å². The van der Waals surface area contributed by atoms with Gasteiger partial charge >= 0.3 is 0 Å². The highest BCUT2D eigenvalue weighted by molar-refractivity contribution is 5.75. The second-order valence-electron chi connectivity index (χ2n) is 5.48. The lowest BCUT2D eigenvalue weighted by molar-refractivity contribution is -0.121. The molecule has 7 heteroatoms. The van der Waals surface area contributed by atoms with Crippen molar-refractivity contribution in [1.82, 2.24) is 20.2 Å². The van der Waals surface area contributed by atoms with E-state index in [4.69, 9.17) is 4.42 Å². The first-order chi connectivity index (χ1) is 11.3. The van der Waals surface area contributed by atoms with Crippen LogP contribution in [0.5, 0.6) is 0 Å². The molecular weight excluding hydrogens is 294 g/mol. The lowest BCUT2D eigenvalue weighted by Gasteiger charge is -2.34. The standard InChI is InChI=1S/C16H21N5O2/c22-15(19-13-14-3-1-12-23-14)4-7-20-8-10-21(11-9-20)16-17-5-2-6-18-16/h1-3,5-6,12H,4,7-11,13H2,(H,19,22). The summed E-state index contributed by atoms with van der Waals surface area (Å²) in [6.07, 6.45) is 5.64. The number of carbonyl (C=O) groups is 1. The van der Waals surface area contributed by atoms with Crippen LogP contribution in [-0.4, -0.2) is 53.5 Å². The fourth-order valence-electron chi connectivity index (χ4n) is 2.57. The van der Waals surface area contributed by atoms with Crippen LogP contribution in [0.1, 0.15) is 12.2 Å². The molecule has 0 bridgehead atoms. The van der Waals surface area contributed by atoms with Crippen molar-refractivity contribution in [2.45, 2.75) is 13.0 Å². The fraction of sp³-hybridized carbons (Fsp3) is 0.438. The molecule has 1 fully saturated rings. The Balaban J connectivity index is 1.35. The molecule has 0 radical (unpaired) electrons. The first-order valence-corrected chi connectivity index (χ1v) is 7.84. The Morgan fingerprint density at radius 1 is 1.17 bits per heavy atom. The molecule has 7 nitrogen and oxygen atoms in total. The van der Waals surface area contributed by atoms with Gasteiger partial charge in [0.05, 0.1) is 12.8 Å². The van der Waals surface area contributed by atoms with Gasteiger partial charge in [-0.2, -0.15) is 0 Å². The maximum Gasteiger partial charge on any atom is 0.225 e. The number of amides is 1. The van der Waals surface area contributed by atoms with Crippen LogP contribution in [0.15, 0.2) is 41.3 Å². The van der Waals surface area contributed by atoms with E-state index >= 15 is 0 Å². The van der Waals surface area contributed by atoms with Crippen LogP contribution in [0.3, 0.4) is 0 Å². The number of piperazine rings is 1. The van der Waals surface area contributed by atoms with E-state index in [1.165, 1.54) is 0 Å². The number of anilines is 1. The van der Waals surface area contributed by atoms with E-state index in [1.807, 2.05) is 18.2 Å². The summed E-state index contributed by atoms with van der Waals surface area (Å²) < 4.78 is 5.19. The minimum absolute atomic E-state index is 0.0511. The summed E-state index contributed by atoms with van der Waals surface area (Å²) in [5.41, 5.74) is 0. The Kier molecular flexibility index (Phi) is 5.21. The number of nitrogens with one attached hydrogen (secondary N) is 1. The van der Waals surface area contributed by atoms with Gasteiger partial charge < -0.3 is 14.6 Å². The van der Waals surface area contributed by atoms with Gasteiger partial charge in [-0.3, -0.25) is 9.69 Å². The summed E-state index contributed by atoms with van der Waals surface area (Å²) in [5.74, 6) is 1.60. The van der Waals surface area contributed by atoms with E-state index in [0.717, 1.165) is 44.4 Å². The monoisotopic (exact) mass is 315 g/mol. The topological polar surface area (TPSA) is 74.5 Å². The van der Waals surface area contributed by atoms with Crippen molar-refractivity contribution in [2.24, 2.45) is 0 Å². The molecule has 0 unspecified atom stereocenters. The average molecular weight is 315 g/mol. The number of hydrogen-bond acceptors (Lipinski definition) is 6. The number of aromatic nitrogens is 2. The van der Waals surface area contributed by atoms with Crippen molar-refractivity contribution in [1.29, 1.82) is 0 Å². The molecule has 0 aromatic carbocycles. The van der Waals surface area contributed by atoms with Crippen LogP contribution in [-0.2, 0) is 11.3 Å². The van der Waals surface area contributed by atoms with Gasteiger partial charge in [-0.15, -0.1) is 0 Å². The first-order valence-electron chi connectivity index (χ1n) is 7.84. The minimum Gasteiger partial charge on any atom is -0.467 e. The van der Waals surface area contributed by atoms with E-state index in [2.05, 4.69) is 25.1 Å². The lowest BCUT2D eigenvalue weighted by atomic mass is 10.3. The summed E-state index contributed by atoms with van der Waals surface area (Å²) in [6, 6.07) is 5.49. The maximum absolute atomic E-state index is 11.9. The van der Waals surface area contributed by atoms with E-state index in [1.54, 1.807) is 18.7 Å². The van der Waals surface area contributed by atoms with Crippen LogP contribution < -0.4 is 10.2 Å². The molecule has 3 heterocycles. The van der Waals surface area contributed by atoms with Crippen LogP contribution in [0.25, 0.3) is 0 Å². The average Bonchev–Trinajstić information content (AvgIpc) is 3.13. The molecule has 0 saturated carbocycles. The molecule has 0 aliphatic carbocycles. The lowest BCUT2D eigenvalue weighted by Crippen LogP contribution is -2.47. The third-order valence-corrected chi connectivity index (χ3v) is 3.90. The number of rotatable bonds is 6. The molecule has 2 aromatic rings. The Morgan fingerprint density at radius 2 is 1.96 bits per heavy atom. The van der Waals surface area contributed by atoms with Crippen LogP contribution >= 0.6 is 0 Å². The Hall–Kier alpha value is -2.41. The summed E-state index contributed by atoms with van der Waals surface area (Å²) in [6.45, 7) is 4.84. The molecule has 2 aromatic heterocycles. The van der Waals surface area contributed by atoms with Crippen LogP contribution in [0.4, 0.5) is 5.95 Å². The largest absolute Gasteiger partial charge is 0.467 e. The molecule has 1 aliphatic heterocycles. The van der Waals surface area contributed by atoms with Crippen molar-refractivity contribution >= 4 is 11.9 Å². The van der Waals surface area contributed by atoms with Crippen molar-refractivity contribution in [3.63, 3.8) is 0 Å². The smallest absolute Gasteiger partial charge is 0.225 e. The van der Waals surface area contributed by atoms with Crippen molar-refractivity contribution < 1.29 is 9.21 Å². The van der Waals surface area contributed by atoms with E-state index in [-0.39, 0.29) is 5.91 Å². The predicted octanol–water partition coefficient (Wildman–Crippen LogP) is 0.898. The number of furan rings is 1. The third kappa shape index (κ3) is 4.53. The molecule has 23 heavy (non-hydrogen) atoms. The molecule has 1 amide bonds. The van der Waals surface area contributed by atoms with Gasteiger partial charge in [0.25, 0.3) is 0 Å². The second-order valence-corrected chi connectivity index (χ2v) is 5.48. The highest BCUT2D eigenvalue weighted by atomic mass is 16.3. The van der Waals surface area contributed by atoms with Crippen molar-refractivity contribution in [3.05, 3.63) is 42.6 Å². The molecule has 122 valence electrons. The fourth-order valence-corrected chi connectivity index (χ4v) is 2.57. The van der Waals surface area contributed by atoms with Gasteiger partial charge in [0.2, 0.25) is 11.9 Å². The third-order valence-electron chi connectivity index (χ3n) is 3.90. The molecule has 0 spiro atoms. The van der Waals surface area contributed by atoms with Gasteiger partial charge in [-0.25, -0.2) is 9.97 Å². The van der Waals surface area contributed by atoms with Crippen LogP contribution in [0, 0.1) is 0 Å². The SMILES string of the molecule is O=C(CCN1CCN(c2ncccn2)CC1)NCc1ccco1. The van der Waals surface area contributed by atoms with Gasteiger partial charge in [-0.05, 0) is 18.2 Å². The normalized spacial score (nSPS) is 15.6. The molecule has 1 saturated heterocycles. The highest BCUT2D eigenvalue weighted by Gasteiger charge is 2.19. The van der Waals surface area contributed by atoms with Crippen molar-refractivity contribution in [3.8, 4) is 0 Å². The van der Waals surface area contributed by atoms with Crippen molar-refractivity contribution in [2.75, 3.05) is 37.6 Å². The molecule has 1 aliphatic rings. The molecule has 1 N–H and O–H groups in total. The van der Waals surface area contributed by atoms with Crippen LogP contribution in [0.2, 0.25) is 0 Å². The second kappa shape index (κ2) is 7.73.